The molecule has 0 aromatic carbocycles. The van der Waals surface area contributed by atoms with E-state index in [1.807, 2.05) is 0 Å². The molecule has 1 atom stereocenters. The molecule has 0 aliphatic rings. The number of thiocarbonyl (C=S) groups is 1. The number of nitrogens with one attached hydrogen (secondary N) is 1. The predicted octanol–water partition coefficient (Wildman–Crippen LogP) is 0.544. The average Bonchev–Trinajstić information content (AvgIpc) is 1.84. The standard InChI is InChI=1S/C6H12N2O2S2/c1-4(5(9)10)12-6(11)7-8(2)3/h4H,1-3H3,(H,7,11)(H,9,10). The first-order valence-corrected chi connectivity index (χ1v) is 4.59. The van der Waals surface area contributed by atoms with Gasteiger partial charge in [0.1, 0.15) is 9.57 Å². The Morgan fingerprint density at radius 3 is 2.50 bits per heavy atom. The Labute approximate surface area is 81.3 Å². The van der Waals surface area contributed by atoms with E-state index in [9.17, 15) is 4.79 Å². The van der Waals surface area contributed by atoms with Crippen LogP contribution in [0.25, 0.3) is 0 Å². The number of hydrogen-bond acceptors (Lipinski definition) is 4. The van der Waals surface area contributed by atoms with E-state index >= 15 is 0 Å². The van der Waals surface area contributed by atoms with Crippen LogP contribution in [-0.2, 0) is 4.79 Å². The van der Waals surface area contributed by atoms with Crippen LogP contribution in [0.5, 0.6) is 0 Å². The number of carbonyl (C=O) groups is 1. The first-order chi connectivity index (χ1) is 5.43. The number of carboxylic acid groups (broad SMARTS) is 1. The van der Waals surface area contributed by atoms with Crippen molar-refractivity contribution in [1.29, 1.82) is 0 Å². The van der Waals surface area contributed by atoms with Crippen molar-refractivity contribution in [3.8, 4) is 0 Å². The highest BCUT2D eigenvalue weighted by Crippen LogP contribution is 2.11. The van der Waals surface area contributed by atoms with Crippen molar-refractivity contribution in [3.63, 3.8) is 0 Å². The summed E-state index contributed by atoms with van der Waals surface area (Å²) in [4.78, 5) is 10.4. The maximum Gasteiger partial charge on any atom is 0.316 e. The van der Waals surface area contributed by atoms with Crippen LogP contribution in [0.2, 0.25) is 0 Å². The van der Waals surface area contributed by atoms with Crippen LogP contribution in [0, 0.1) is 0 Å². The molecule has 0 fully saturated rings. The molecule has 70 valence electrons. The predicted molar refractivity (Wildman–Crippen MR) is 54.1 cm³/mol. The summed E-state index contributed by atoms with van der Waals surface area (Å²) in [5.74, 6) is -0.858. The van der Waals surface area contributed by atoms with Gasteiger partial charge in [-0.1, -0.05) is 24.0 Å². The van der Waals surface area contributed by atoms with Crippen LogP contribution in [0.15, 0.2) is 0 Å². The van der Waals surface area contributed by atoms with E-state index in [-0.39, 0.29) is 0 Å². The van der Waals surface area contributed by atoms with E-state index in [1.165, 1.54) is 0 Å². The lowest BCUT2D eigenvalue weighted by Crippen LogP contribution is -2.34. The topological polar surface area (TPSA) is 52.6 Å². The van der Waals surface area contributed by atoms with Gasteiger partial charge in [-0.3, -0.25) is 4.79 Å². The molecule has 0 amide bonds. The Morgan fingerprint density at radius 2 is 2.17 bits per heavy atom. The fourth-order valence-electron chi connectivity index (χ4n) is 0.420. The number of rotatable bonds is 3. The minimum Gasteiger partial charge on any atom is -0.480 e. The van der Waals surface area contributed by atoms with Gasteiger partial charge < -0.3 is 10.5 Å². The van der Waals surface area contributed by atoms with Crippen LogP contribution < -0.4 is 5.43 Å². The van der Waals surface area contributed by atoms with Gasteiger partial charge in [0.25, 0.3) is 0 Å². The molecule has 0 radical (unpaired) electrons. The van der Waals surface area contributed by atoms with Crippen LogP contribution in [-0.4, -0.2) is 39.8 Å². The summed E-state index contributed by atoms with van der Waals surface area (Å²) in [6, 6.07) is 0. The largest absolute Gasteiger partial charge is 0.480 e. The van der Waals surface area contributed by atoms with Crippen molar-refractivity contribution in [2.24, 2.45) is 0 Å². The summed E-state index contributed by atoms with van der Waals surface area (Å²) in [6.45, 7) is 1.59. The van der Waals surface area contributed by atoms with Crippen molar-refractivity contribution in [2.75, 3.05) is 14.1 Å². The molecular formula is C6H12N2O2S2. The molecular weight excluding hydrogens is 196 g/mol. The SMILES string of the molecule is CC(SC(=S)NN(C)C)C(=O)O. The van der Waals surface area contributed by atoms with Crippen molar-refractivity contribution < 1.29 is 9.90 Å². The molecule has 0 heterocycles. The number of hydrazine groups is 1. The van der Waals surface area contributed by atoms with Gasteiger partial charge in [0, 0.05) is 14.1 Å². The van der Waals surface area contributed by atoms with Crippen LogP contribution in [0.1, 0.15) is 6.92 Å². The summed E-state index contributed by atoms with van der Waals surface area (Å²) < 4.78 is 0.468. The molecule has 6 heteroatoms. The first-order valence-electron chi connectivity index (χ1n) is 3.31. The first kappa shape index (κ1) is 11.7. The molecule has 0 saturated carbocycles. The lowest BCUT2D eigenvalue weighted by atomic mass is 10.5. The molecule has 0 aromatic heterocycles. The fourth-order valence-corrected chi connectivity index (χ4v) is 1.69. The van der Waals surface area contributed by atoms with E-state index < -0.39 is 11.2 Å². The van der Waals surface area contributed by atoms with E-state index in [2.05, 4.69) is 5.43 Å². The van der Waals surface area contributed by atoms with Gasteiger partial charge in [0.2, 0.25) is 0 Å². The second-order valence-electron chi connectivity index (χ2n) is 2.39. The number of aliphatic carboxylic acids is 1. The molecule has 2 N–H and O–H groups in total. The second kappa shape index (κ2) is 5.34. The second-order valence-corrected chi connectivity index (χ2v) is 4.41. The number of hydrogen-bond donors (Lipinski definition) is 2. The Kier molecular flexibility index (Phi) is 5.19. The summed E-state index contributed by atoms with van der Waals surface area (Å²) >= 11 is 5.99. The third kappa shape index (κ3) is 5.34. The maximum atomic E-state index is 10.4. The van der Waals surface area contributed by atoms with Crippen molar-refractivity contribution in [2.45, 2.75) is 12.2 Å². The summed E-state index contributed by atoms with van der Waals surface area (Å²) in [7, 11) is 3.58. The lowest BCUT2D eigenvalue weighted by molar-refractivity contribution is -0.136. The molecule has 0 aliphatic heterocycles. The maximum absolute atomic E-state index is 10.4. The van der Waals surface area contributed by atoms with Gasteiger partial charge in [0.15, 0.2) is 0 Å². The number of carboxylic acids is 1. The number of thioether (sulfide) groups is 1. The Hall–Kier alpha value is -0.330. The number of nitrogens with zero attached hydrogens (tertiary/aromatic N) is 1. The Morgan fingerprint density at radius 1 is 1.67 bits per heavy atom. The normalized spacial score (nSPS) is 12.7. The minimum absolute atomic E-state index is 0.468. The van der Waals surface area contributed by atoms with E-state index in [4.69, 9.17) is 17.3 Å². The van der Waals surface area contributed by atoms with Gasteiger partial charge in [-0.15, -0.1) is 0 Å². The molecule has 0 aliphatic carbocycles. The third-order valence-electron chi connectivity index (χ3n) is 0.946. The van der Waals surface area contributed by atoms with E-state index in [0.717, 1.165) is 11.8 Å². The van der Waals surface area contributed by atoms with Crippen LogP contribution in [0.3, 0.4) is 0 Å². The third-order valence-corrected chi connectivity index (χ3v) is 2.19. The molecule has 0 bridgehead atoms. The Balaban J connectivity index is 3.77. The molecule has 1 unspecified atom stereocenters. The highest BCUT2D eigenvalue weighted by Gasteiger charge is 2.13. The van der Waals surface area contributed by atoms with Gasteiger partial charge in [-0.05, 0) is 6.92 Å². The highest BCUT2D eigenvalue weighted by molar-refractivity contribution is 8.23. The van der Waals surface area contributed by atoms with Gasteiger partial charge >= 0.3 is 5.97 Å². The molecule has 4 nitrogen and oxygen atoms in total. The molecule has 0 rings (SSSR count). The zero-order chi connectivity index (χ0) is 9.72. The minimum atomic E-state index is -0.858. The van der Waals surface area contributed by atoms with Crippen molar-refractivity contribution in [3.05, 3.63) is 0 Å². The van der Waals surface area contributed by atoms with Crippen LogP contribution in [0.4, 0.5) is 0 Å². The summed E-state index contributed by atoms with van der Waals surface area (Å²) in [6.07, 6.45) is 0. The molecule has 12 heavy (non-hydrogen) atoms. The zero-order valence-electron chi connectivity index (χ0n) is 7.20. The summed E-state index contributed by atoms with van der Waals surface area (Å²) in [5, 5.41) is 9.70. The molecule has 0 saturated heterocycles. The van der Waals surface area contributed by atoms with Crippen molar-refractivity contribution in [1.82, 2.24) is 10.4 Å². The zero-order valence-corrected chi connectivity index (χ0v) is 8.83. The van der Waals surface area contributed by atoms with Gasteiger partial charge in [0.05, 0.1) is 0 Å². The van der Waals surface area contributed by atoms with Gasteiger partial charge in [-0.25, -0.2) is 5.01 Å². The molecule has 0 spiro atoms. The average molecular weight is 208 g/mol. The van der Waals surface area contributed by atoms with Gasteiger partial charge in [-0.2, -0.15) is 0 Å². The van der Waals surface area contributed by atoms with Crippen LogP contribution >= 0.6 is 24.0 Å². The molecule has 0 aromatic rings. The summed E-state index contributed by atoms with van der Waals surface area (Å²) in [5.41, 5.74) is 2.79. The monoisotopic (exact) mass is 208 g/mol. The lowest BCUT2D eigenvalue weighted by Gasteiger charge is -2.14. The Bertz CT molecular complexity index is 184. The van der Waals surface area contributed by atoms with Crippen molar-refractivity contribution >= 4 is 34.3 Å². The fraction of sp³-hybridized carbons (Fsp3) is 0.667. The van der Waals surface area contributed by atoms with E-state index in [0.29, 0.717) is 4.32 Å². The quantitative estimate of drug-likeness (QED) is 0.521. The smallest absolute Gasteiger partial charge is 0.316 e. The highest BCUT2D eigenvalue weighted by atomic mass is 32.2. The van der Waals surface area contributed by atoms with E-state index in [1.54, 1.807) is 26.0 Å².